The predicted molar refractivity (Wildman–Crippen MR) is 103 cm³/mol. The minimum atomic E-state index is 0.708. The Morgan fingerprint density at radius 3 is 2.08 bits per heavy atom. The van der Waals surface area contributed by atoms with Crippen LogP contribution >= 0.6 is 11.6 Å². The normalized spacial score (nSPS) is 14.3. The van der Waals surface area contributed by atoms with Gasteiger partial charge in [-0.15, -0.1) is 0 Å². The van der Waals surface area contributed by atoms with E-state index in [9.17, 15) is 0 Å². The zero-order valence-electron chi connectivity index (χ0n) is 14.1. The first kappa shape index (κ1) is 16.5. The SMILES string of the molecule is Clc1ccc(Nc2ccnc(N3CCN(c4ncccn4)CC3)n2)cc1. The van der Waals surface area contributed by atoms with Crippen molar-refractivity contribution in [2.75, 3.05) is 41.3 Å². The highest BCUT2D eigenvalue weighted by molar-refractivity contribution is 6.30. The van der Waals surface area contributed by atoms with Gasteiger partial charge in [0.1, 0.15) is 5.82 Å². The number of rotatable bonds is 4. The first-order valence-electron chi connectivity index (χ1n) is 8.40. The van der Waals surface area contributed by atoms with Crippen molar-refractivity contribution >= 4 is 35.0 Å². The number of aromatic nitrogens is 4. The number of hydrogen-bond donors (Lipinski definition) is 1. The van der Waals surface area contributed by atoms with Crippen LogP contribution in [0.15, 0.2) is 55.0 Å². The summed E-state index contributed by atoms with van der Waals surface area (Å²) in [5.74, 6) is 2.25. The maximum absolute atomic E-state index is 5.92. The highest BCUT2D eigenvalue weighted by Crippen LogP contribution is 2.20. The van der Waals surface area contributed by atoms with Gasteiger partial charge in [-0.25, -0.2) is 15.0 Å². The molecule has 3 aromatic rings. The fraction of sp³-hybridized carbons (Fsp3) is 0.222. The van der Waals surface area contributed by atoms with Gasteiger partial charge in [-0.1, -0.05) is 11.6 Å². The lowest BCUT2D eigenvalue weighted by molar-refractivity contribution is 0.628. The average molecular weight is 368 g/mol. The molecule has 0 amide bonds. The molecule has 0 radical (unpaired) electrons. The standard InChI is InChI=1S/C18H18ClN7/c19-14-2-4-15(5-3-14)23-16-6-9-22-18(24-16)26-12-10-25(11-13-26)17-20-7-1-8-21-17/h1-9H,10-13H2,(H,22,23,24). The third-order valence-corrected chi connectivity index (χ3v) is 4.41. The zero-order valence-corrected chi connectivity index (χ0v) is 14.8. The van der Waals surface area contributed by atoms with E-state index in [0.29, 0.717) is 5.02 Å². The summed E-state index contributed by atoms with van der Waals surface area (Å²) in [6, 6.07) is 11.2. The summed E-state index contributed by atoms with van der Waals surface area (Å²) in [6.45, 7) is 3.32. The summed E-state index contributed by atoms with van der Waals surface area (Å²) >= 11 is 5.92. The second-order valence-electron chi connectivity index (χ2n) is 5.90. The second-order valence-corrected chi connectivity index (χ2v) is 6.33. The summed E-state index contributed by atoms with van der Waals surface area (Å²) in [5.41, 5.74) is 0.935. The van der Waals surface area contributed by atoms with E-state index in [1.165, 1.54) is 0 Å². The van der Waals surface area contributed by atoms with Crippen LogP contribution < -0.4 is 15.1 Å². The Labute approximate surface area is 156 Å². The summed E-state index contributed by atoms with van der Waals surface area (Å²) < 4.78 is 0. The molecule has 2 aromatic heterocycles. The minimum Gasteiger partial charge on any atom is -0.340 e. The molecule has 1 aliphatic heterocycles. The first-order valence-corrected chi connectivity index (χ1v) is 8.78. The van der Waals surface area contributed by atoms with Gasteiger partial charge < -0.3 is 15.1 Å². The topological polar surface area (TPSA) is 70.1 Å². The number of nitrogens with zero attached hydrogens (tertiary/aromatic N) is 6. The minimum absolute atomic E-state index is 0.708. The van der Waals surface area contributed by atoms with Gasteiger partial charge in [0.15, 0.2) is 0 Å². The molecule has 3 heterocycles. The maximum atomic E-state index is 5.92. The van der Waals surface area contributed by atoms with E-state index in [1.54, 1.807) is 18.6 Å². The lowest BCUT2D eigenvalue weighted by Gasteiger charge is -2.34. The second kappa shape index (κ2) is 7.53. The molecular formula is C18H18ClN7. The molecule has 0 unspecified atom stereocenters. The molecule has 0 spiro atoms. The molecule has 0 bridgehead atoms. The van der Waals surface area contributed by atoms with E-state index >= 15 is 0 Å². The van der Waals surface area contributed by atoms with Crippen molar-refractivity contribution in [3.8, 4) is 0 Å². The molecule has 7 nitrogen and oxygen atoms in total. The number of anilines is 4. The summed E-state index contributed by atoms with van der Waals surface area (Å²) in [6.07, 6.45) is 5.31. The Hall–Kier alpha value is -2.93. The lowest BCUT2D eigenvalue weighted by atomic mass is 10.3. The van der Waals surface area contributed by atoms with Crippen molar-refractivity contribution in [2.24, 2.45) is 0 Å². The third kappa shape index (κ3) is 3.83. The molecular weight excluding hydrogens is 350 g/mol. The zero-order chi connectivity index (χ0) is 17.8. The number of benzene rings is 1. The number of hydrogen-bond acceptors (Lipinski definition) is 7. The van der Waals surface area contributed by atoms with E-state index in [-0.39, 0.29) is 0 Å². The Bertz CT molecular complexity index is 849. The van der Waals surface area contributed by atoms with Gasteiger partial charge in [0, 0.05) is 55.5 Å². The lowest BCUT2D eigenvalue weighted by Crippen LogP contribution is -2.47. The maximum Gasteiger partial charge on any atom is 0.227 e. The van der Waals surface area contributed by atoms with E-state index in [0.717, 1.165) is 49.6 Å². The molecule has 8 heteroatoms. The van der Waals surface area contributed by atoms with Crippen LogP contribution in [0.2, 0.25) is 5.02 Å². The monoisotopic (exact) mass is 367 g/mol. The number of halogens is 1. The molecule has 26 heavy (non-hydrogen) atoms. The molecule has 0 aliphatic carbocycles. The Morgan fingerprint density at radius 1 is 0.769 bits per heavy atom. The molecule has 0 saturated carbocycles. The van der Waals surface area contributed by atoms with Crippen molar-refractivity contribution in [1.82, 2.24) is 19.9 Å². The van der Waals surface area contributed by atoms with Crippen LogP contribution in [0.25, 0.3) is 0 Å². The van der Waals surface area contributed by atoms with E-state index in [2.05, 4.69) is 35.1 Å². The van der Waals surface area contributed by atoms with Gasteiger partial charge in [0.25, 0.3) is 0 Å². The summed E-state index contributed by atoms with van der Waals surface area (Å²) in [5, 5.41) is 3.99. The van der Waals surface area contributed by atoms with Crippen molar-refractivity contribution in [3.63, 3.8) is 0 Å². The Balaban J connectivity index is 1.42. The van der Waals surface area contributed by atoms with Gasteiger partial charge in [0.05, 0.1) is 0 Å². The fourth-order valence-electron chi connectivity index (χ4n) is 2.81. The summed E-state index contributed by atoms with van der Waals surface area (Å²) in [7, 11) is 0. The van der Waals surface area contributed by atoms with E-state index < -0.39 is 0 Å². The van der Waals surface area contributed by atoms with Gasteiger partial charge in [-0.3, -0.25) is 0 Å². The van der Waals surface area contributed by atoms with Crippen LogP contribution in [0.3, 0.4) is 0 Å². The van der Waals surface area contributed by atoms with Crippen LogP contribution in [0, 0.1) is 0 Å². The van der Waals surface area contributed by atoms with Gasteiger partial charge >= 0.3 is 0 Å². The fourth-order valence-corrected chi connectivity index (χ4v) is 2.94. The van der Waals surface area contributed by atoms with Gasteiger partial charge in [-0.05, 0) is 36.4 Å². The number of piperazine rings is 1. The molecule has 4 rings (SSSR count). The quantitative estimate of drug-likeness (QED) is 0.760. The van der Waals surface area contributed by atoms with E-state index in [4.69, 9.17) is 11.6 Å². The van der Waals surface area contributed by atoms with Crippen LogP contribution in [0.4, 0.5) is 23.4 Å². The Morgan fingerprint density at radius 2 is 1.38 bits per heavy atom. The molecule has 0 atom stereocenters. The van der Waals surface area contributed by atoms with Crippen LogP contribution in [-0.2, 0) is 0 Å². The van der Waals surface area contributed by atoms with Crippen molar-refractivity contribution in [3.05, 3.63) is 60.0 Å². The highest BCUT2D eigenvalue weighted by Gasteiger charge is 2.20. The molecule has 132 valence electrons. The molecule has 1 aromatic carbocycles. The first-order chi connectivity index (χ1) is 12.8. The van der Waals surface area contributed by atoms with Crippen LogP contribution in [0.5, 0.6) is 0 Å². The van der Waals surface area contributed by atoms with Crippen molar-refractivity contribution in [1.29, 1.82) is 0 Å². The number of nitrogens with one attached hydrogen (secondary N) is 1. The van der Waals surface area contributed by atoms with Crippen LogP contribution in [-0.4, -0.2) is 46.1 Å². The van der Waals surface area contributed by atoms with Crippen molar-refractivity contribution in [2.45, 2.75) is 0 Å². The highest BCUT2D eigenvalue weighted by atomic mass is 35.5. The van der Waals surface area contributed by atoms with Gasteiger partial charge in [-0.2, -0.15) is 4.98 Å². The van der Waals surface area contributed by atoms with Gasteiger partial charge in [0.2, 0.25) is 11.9 Å². The average Bonchev–Trinajstić information content (AvgIpc) is 2.71. The molecule has 1 saturated heterocycles. The molecule has 1 aliphatic rings. The summed E-state index contributed by atoms with van der Waals surface area (Å²) in [4.78, 5) is 22.0. The van der Waals surface area contributed by atoms with Crippen molar-refractivity contribution < 1.29 is 0 Å². The predicted octanol–water partition coefficient (Wildman–Crippen LogP) is 2.99. The van der Waals surface area contributed by atoms with Crippen LogP contribution in [0.1, 0.15) is 0 Å². The smallest absolute Gasteiger partial charge is 0.227 e. The van der Waals surface area contributed by atoms with E-state index in [1.807, 2.05) is 36.4 Å². The molecule has 1 fully saturated rings. The Kier molecular flexibility index (Phi) is 4.79. The largest absolute Gasteiger partial charge is 0.340 e. The molecule has 1 N–H and O–H groups in total. The third-order valence-electron chi connectivity index (χ3n) is 4.16.